The summed E-state index contributed by atoms with van der Waals surface area (Å²) in [5.74, 6) is -1.20. The van der Waals surface area contributed by atoms with E-state index in [1.165, 1.54) is 11.6 Å². The highest BCUT2D eigenvalue weighted by atomic mass is 19.2. The van der Waals surface area contributed by atoms with Gasteiger partial charge >= 0.3 is 0 Å². The van der Waals surface area contributed by atoms with Crippen LogP contribution in [0.5, 0.6) is 0 Å². The zero-order valence-corrected chi connectivity index (χ0v) is 21.5. The van der Waals surface area contributed by atoms with Gasteiger partial charge in [-0.3, -0.25) is 9.69 Å². The number of aromatic nitrogens is 3. The summed E-state index contributed by atoms with van der Waals surface area (Å²) in [6.07, 6.45) is 2.30. The number of hydrogen-bond donors (Lipinski definition) is 1. The van der Waals surface area contributed by atoms with Gasteiger partial charge in [-0.15, -0.1) is 0 Å². The molecule has 0 aliphatic heterocycles. The van der Waals surface area contributed by atoms with Crippen molar-refractivity contribution >= 4 is 17.1 Å². The van der Waals surface area contributed by atoms with Gasteiger partial charge in [-0.2, -0.15) is 0 Å². The fourth-order valence-corrected chi connectivity index (χ4v) is 4.42. The molecule has 1 N–H and O–H groups in total. The highest BCUT2D eigenvalue weighted by Gasteiger charge is 2.16. The minimum Gasteiger partial charge on any atom is -0.350 e. The molecule has 4 aromatic rings. The number of carbonyl (C=O) groups is 1. The average Bonchev–Trinajstić information content (AvgIpc) is 3.25. The molecule has 6 nitrogen and oxygen atoms in total. The highest BCUT2D eigenvalue weighted by molar-refractivity contribution is 5.77. The van der Waals surface area contributed by atoms with E-state index in [0.717, 1.165) is 31.3 Å². The van der Waals surface area contributed by atoms with Gasteiger partial charge in [-0.25, -0.2) is 18.7 Å². The van der Waals surface area contributed by atoms with Crippen molar-refractivity contribution in [3.8, 4) is 0 Å². The van der Waals surface area contributed by atoms with E-state index in [9.17, 15) is 13.6 Å². The zero-order chi connectivity index (χ0) is 26.4. The number of rotatable bonds is 11. The van der Waals surface area contributed by atoms with Crippen LogP contribution in [0, 0.1) is 11.6 Å². The van der Waals surface area contributed by atoms with Crippen molar-refractivity contribution in [3.05, 3.63) is 94.9 Å². The van der Waals surface area contributed by atoms with Gasteiger partial charge in [0.15, 0.2) is 17.3 Å². The smallest absolute Gasteiger partial charge is 0.220 e. The Morgan fingerprint density at radius 1 is 1.03 bits per heavy atom. The maximum atomic E-state index is 13.8. The molecule has 8 heteroatoms. The Kier molecular flexibility index (Phi) is 8.61. The maximum Gasteiger partial charge on any atom is 0.220 e. The van der Waals surface area contributed by atoms with Gasteiger partial charge in [0.2, 0.25) is 5.91 Å². The quantitative estimate of drug-likeness (QED) is 0.296. The standard InChI is InChI=1S/C29H33F2N5O/c1-4-35(5-2)18-21-8-11-23(12-9-21)20(3)33-28(37)15-14-27-34-26-7-6-16-32-29(26)36(27)19-22-10-13-24(30)25(31)17-22/h6-13,16-17,20H,4-5,14-15,18-19H2,1-3H3,(H,33,37)/t20-/m0/s1. The third kappa shape index (κ3) is 6.57. The fourth-order valence-electron chi connectivity index (χ4n) is 4.42. The fraction of sp³-hybridized carbons (Fsp3) is 0.345. The molecule has 0 spiro atoms. The van der Waals surface area contributed by atoms with E-state index in [2.05, 4.69) is 58.3 Å². The first kappa shape index (κ1) is 26.4. The molecule has 0 unspecified atom stereocenters. The summed E-state index contributed by atoms with van der Waals surface area (Å²) in [4.78, 5) is 24.2. The number of imidazole rings is 1. The summed E-state index contributed by atoms with van der Waals surface area (Å²) in [7, 11) is 0. The number of amides is 1. The average molecular weight is 506 g/mol. The summed E-state index contributed by atoms with van der Waals surface area (Å²) in [5.41, 5.74) is 4.22. The molecule has 0 bridgehead atoms. The Morgan fingerprint density at radius 2 is 1.76 bits per heavy atom. The maximum absolute atomic E-state index is 13.8. The van der Waals surface area contributed by atoms with E-state index in [-0.39, 0.29) is 24.9 Å². The Labute approximate surface area is 216 Å². The summed E-state index contributed by atoms with van der Waals surface area (Å²) in [6, 6.07) is 15.7. The Bertz CT molecular complexity index is 1350. The van der Waals surface area contributed by atoms with Crippen LogP contribution >= 0.6 is 0 Å². The SMILES string of the molecule is CCN(CC)Cc1ccc([C@H](C)NC(=O)CCc2nc3cccnc3n2Cc2ccc(F)c(F)c2)cc1. The van der Waals surface area contributed by atoms with E-state index in [1.54, 1.807) is 18.3 Å². The summed E-state index contributed by atoms with van der Waals surface area (Å²) >= 11 is 0. The van der Waals surface area contributed by atoms with Crippen LogP contribution in [0.1, 0.15) is 55.7 Å². The van der Waals surface area contributed by atoms with Crippen LogP contribution in [0.4, 0.5) is 8.78 Å². The third-order valence-corrected chi connectivity index (χ3v) is 6.64. The molecule has 0 aliphatic rings. The zero-order valence-electron chi connectivity index (χ0n) is 21.5. The van der Waals surface area contributed by atoms with Gasteiger partial charge in [-0.1, -0.05) is 44.2 Å². The van der Waals surface area contributed by atoms with E-state index in [0.29, 0.717) is 29.0 Å². The molecule has 1 amide bonds. The first-order chi connectivity index (χ1) is 17.9. The second kappa shape index (κ2) is 12.1. The predicted molar refractivity (Wildman–Crippen MR) is 141 cm³/mol. The molecule has 2 aromatic carbocycles. The molecule has 37 heavy (non-hydrogen) atoms. The van der Waals surface area contributed by atoms with Crippen LogP contribution in [0.3, 0.4) is 0 Å². The largest absolute Gasteiger partial charge is 0.350 e. The molecule has 2 aromatic heterocycles. The molecule has 0 aliphatic carbocycles. The molecule has 194 valence electrons. The van der Waals surface area contributed by atoms with Gasteiger partial charge in [0.05, 0.1) is 12.6 Å². The Balaban J connectivity index is 1.41. The summed E-state index contributed by atoms with van der Waals surface area (Å²) < 4.78 is 29.0. The van der Waals surface area contributed by atoms with Gasteiger partial charge in [0.25, 0.3) is 0 Å². The minimum absolute atomic E-state index is 0.0842. The molecular formula is C29H33F2N5O. The predicted octanol–water partition coefficient (Wildman–Crippen LogP) is 5.41. The number of carbonyl (C=O) groups excluding carboxylic acids is 1. The second-order valence-corrected chi connectivity index (χ2v) is 9.20. The molecule has 1 atom stereocenters. The third-order valence-electron chi connectivity index (χ3n) is 6.64. The normalized spacial score (nSPS) is 12.3. The van der Waals surface area contributed by atoms with Crippen LogP contribution < -0.4 is 5.32 Å². The van der Waals surface area contributed by atoms with Crippen molar-refractivity contribution in [2.45, 2.75) is 52.7 Å². The minimum atomic E-state index is -0.897. The molecule has 0 fully saturated rings. The topological polar surface area (TPSA) is 63.1 Å². The van der Waals surface area contributed by atoms with Gasteiger partial charge < -0.3 is 9.88 Å². The molecule has 4 rings (SSSR count). The number of fused-ring (bicyclic) bond motifs is 1. The van der Waals surface area contributed by atoms with Crippen LogP contribution in [-0.4, -0.2) is 38.4 Å². The lowest BCUT2D eigenvalue weighted by molar-refractivity contribution is -0.121. The Hall–Kier alpha value is -3.65. The molecule has 0 saturated carbocycles. The lowest BCUT2D eigenvalue weighted by atomic mass is 10.1. The van der Waals surface area contributed by atoms with E-state index in [1.807, 2.05) is 17.6 Å². The second-order valence-electron chi connectivity index (χ2n) is 9.20. The van der Waals surface area contributed by atoms with Crippen molar-refractivity contribution in [2.75, 3.05) is 13.1 Å². The van der Waals surface area contributed by atoms with Crippen molar-refractivity contribution in [2.24, 2.45) is 0 Å². The number of benzene rings is 2. The number of hydrogen-bond acceptors (Lipinski definition) is 4. The first-order valence-corrected chi connectivity index (χ1v) is 12.7. The van der Waals surface area contributed by atoms with Crippen molar-refractivity contribution in [1.82, 2.24) is 24.8 Å². The van der Waals surface area contributed by atoms with Gasteiger partial charge in [-0.05, 0) is 61.0 Å². The number of halogens is 2. The number of nitrogens with one attached hydrogen (secondary N) is 1. The van der Waals surface area contributed by atoms with E-state index >= 15 is 0 Å². The highest BCUT2D eigenvalue weighted by Crippen LogP contribution is 2.19. The Morgan fingerprint density at radius 3 is 2.46 bits per heavy atom. The van der Waals surface area contributed by atoms with Crippen molar-refractivity contribution < 1.29 is 13.6 Å². The van der Waals surface area contributed by atoms with Gasteiger partial charge in [0, 0.05) is 25.6 Å². The lowest BCUT2D eigenvalue weighted by Gasteiger charge is -2.19. The lowest BCUT2D eigenvalue weighted by Crippen LogP contribution is -2.27. The van der Waals surface area contributed by atoms with Crippen LogP contribution in [0.25, 0.3) is 11.2 Å². The van der Waals surface area contributed by atoms with Crippen LogP contribution in [0.15, 0.2) is 60.8 Å². The first-order valence-electron chi connectivity index (χ1n) is 12.7. The summed E-state index contributed by atoms with van der Waals surface area (Å²) in [5, 5.41) is 3.07. The number of pyridine rings is 1. The van der Waals surface area contributed by atoms with Crippen molar-refractivity contribution in [3.63, 3.8) is 0 Å². The molecular weight excluding hydrogens is 472 g/mol. The van der Waals surface area contributed by atoms with Gasteiger partial charge in [0.1, 0.15) is 11.3 Å². The summed E-state index contributed by atoms with van der Waals surface area (Å²) in [6.45, 7) is 9.49. The number of aryl methyl sites for hydroxylation is 1. The molecule has 2 heterocycles. The number of nitrogens with zero attached hydrogens (tertiary/aromatic N) is 4. The van der Waals surface area contributed by atoms with E-state index in [4.69, 9.17) is 0 Å². The van der Waals surface area contributed by atoms with Crippen molar-refractivity contribution in [1.29, 1.82) is 0 Å². The monoisotopic (exact) mass is 505 g/mol. The van der Waals surface area contributed by atoms with Crippen LogP contribution in [-0.2, 0) is 24.3 Å². The van der Waals surface area contributed by atoms with Crippen LogP contribution in [0.2, 0.25) is 0 Å². The molecule has 0 radical (unpaired) electrons. The van der Waals surface area contributed by atoms with E-state index < -0.39 is 11.6 Å². The molecule has 0 saturated heterocycles.